The zero-order valence-corrected chi connectivity index (χ0v) is 39.9. The van der Waals surface area contributed by atoms with Crippen LogP contribution in [0.4, 0.5) is 0 Å². The first-order chi connectivity index (χ1) is 34.3. The summed E-state index contributed by atoms with van der Waals surface area (Å²) in [7, 11) is 1.55. The van der Waals surface area contributed by atoms with Crippen molar-refractivity contribution in [2.45, 2.75) is 108 Å². The lowest BCUT2D eigenvalue weighted by molar-refractivity contribution is -0.376. The summed E-state index contributed by atoms with van der Waals surface area (Å²) in [6.07, 6.45) is -9.99. The van der Waals surface area contributed by atoms with Crippen molar-refractivity contribution in [3.05, 3.63) is 192 Å². The molecule has 0 aliphatic carbocycles. The molecule has 0 aromatic heterocycles. The summed E-state index contributed by atoms with van der Waals surface area (Å²) in [5, 5.41) is 0. The van der Waals surface area contributed by atoms with Gasteiger partial charge in [0, 0.05) is 14.0 Å². The van der Waals surface area contributed by atoms with Gasteiger partial charge in [-0.1, -0.05) is 158 Å². The first-order valence-corrected chi connectivity index (χ1v) is 23.7. The lowest BCUT2D eigenvalue weighted by atomic mass is 9.95. The normalized spacial score (nSPS) is 24.8. The number of methoxy groups -OCH3 is 1. The van der Waals surface area contributed by atoms with Crippen LogP contribution in [0.2, 0.25) is 0 Å². The van der Waals surface area contributed by atoms with Gasteiger partial charge < -0.3 is 56.8 Å². The molecular formula is C56H64O14. The molecular weight excluding hydrogens is 897 g/mol. The molecule has 14 heteroatoms. The summed E-state index contributed by atoms with van der Waals surface area (Å²) >= 11 is 0. The standard InChI is InChI=1S/C56H64O14/c1-5-32-62-50-48(64-34-41-24-14-8-15-25-41)46(38-63-39(3)57)68-56(53(50)69-47(54(58)61-6-2)44-30-20-11-21-31-44)70-49-45(37-60-33-40-22-12-7-13-23-40)67-55(59-4)52(66-36-43-28-18-10-19-29-43)51(49)65-35-42-26-16-9-17-27-42/h5,7-31,45-53,55-56H,1,6,32-38H2,2-4H3/t45-,46-,47-,48-,49-,50+,51+,52-,53-,55+,56+/m1/s1. The van der Waals surface area contributed by atoms with Crippen LogP contribution in [0, 0.1) is 0 Å². The van der Waals surface area contributed by atoms with E-state index in [9.17, 15) is 9.59 Å². The number of esters is 2. The van der Waals surface area contributed by atoms with E-state index in [2.05, 4.69) is 6.58 Å². The topological polar surface area (TPSA) is 145 Å². The second-order valence-corrected chi connectivity index (χ2v) is 16.7. The summed E-state index contributed by atoms with van der Waals surface area (Å²) in [5.41, 5.74) is 4.14. The average Bonchev–Trinajstić information content (AvgIpc) is 3.39. The number of carbonyl (C=O) groups is 2. The summed E-state index contributed by atoms with van der Waals surface area (Å²) in [6.45, 7) is 7.60. The van der Waals surface area contributed by atoms with E-state index in [4.69, 9.17) is 56.8 Å². The highest BCUT2D eigenvalue weighted by atomic mass is 16.8. The van der Waals surface area contributed by atoms with Crippen molar-refractivity contribution < 1.29 is 66.4 Å². The van der Waals surface area contributed by atoms with Crippen LogP contribution in [0.1, 0.15) is 47.8 Å². The van der Waals surface area contributed by atoms with Crippen LogP contribution >= 0.6 is 0 Å². The molecule has 2 saturated heterocycles. The lowest BCUT2D eigenvalue weighted by Crippen LogP contribution is -2.66. The molecule has 372 valence electrons. The molecule has 2 aliphatic rings. The largest absolute Gasteiger partial charge is 0.464 e. The van der Waals surface area contributed by atoms with Gasteiger partial charge in [0.05, 0.1) is 46.2 Å². The summed E-state index contributed by atoms with van der Waals surface area (Å²) in [5.74, 6) is -1.18. The number of hydrogen-bond donors (Lipinski definition) is 0. The Morgan fingerprint density at radius 1 is 0.557 bits per heavy atom. The van der Waals surface area contributed by atoms with E-state index in [1.54, 1.807) is 44.4 Å². The molecule has 5 aromatic carbocycles. The van der Waals surface area contributed by atoms with E-state index in [-0.39, 0.29) is 52.9 Å². The molecule has 70 heavy (non-hydrogen) atoms. The third-order valence-electron chi connectivity index (χ3n) is 11.7. The highest BCUT2D eigenvalue weighted by Gasteiger charge is 2.55. The average molecular weight is 961 g/mol. The Bertz CT molecular complexity index is 2270. The van der Waals surface area contributed by atoms with E-state index in [1.165, 1.54) is 6.92 Å². The molecule has 2 heterocycles. The van der Waals surface area contributed by atoms with Crippen LogP contribution in [-0.4, -0.2) is 107 Å². The van der Waals surface area contributed by atoms with Crippen molar-refractivity contribution in [2.75, 3.05) is 33.5 Å². The highest BCUT2D eigenvalue weighted by Crippen LogP contribution is 2.38. The van der Waals surface area contributed by atoms with Crippen LogP contribution in [-0.2, 0) is 92.9 Å². The summed E-state index contributed by atoms with van der Waals surface area (Å²) in [4.78, 5) is 26.6. The summed E-state index contributed by atoms with van der Waals surface area (Å²) in [6, 6.07) is 47.8. The third-order valence-corrected chi connectivity index (χ3v) is 11.7. The second kappa shape index (κ2) is 27.7. The lowest BCUT2D eigenvalue weighted by Gasteiger charge is -2.50. The number of rotatable bonds is 26. The van der Waals surface area contributed by atoms with Gasteiger partial charge in [0.1, 0.15) is 55.4 Å². The molecule has 14 nitrogen and oxygen atoms in total. The van der Waals surface area contributed by atoms with Crippen molar-refractivity contribution >= 4 is 11.9 Å². The molecule has 0 unspecified atom stereocenters. The fourth-order valence-corrected chi connectivity index (χ4v) is 8.36. The van der Waals surface area contributed by atoms with E-state index >= 15 is 0 Å². The molecule has 7 rings (SSSR count). The minimum absolute atomic E-state index is 0.0137. The Kier molecular flexibility index (Phi) is 20.7. The SMILES string of the molecule is C=CCO[C@@H]1[C@@H](O[C@@H](C(=O)OCC)c2ccccc2)[C@H](O[C@H]2[C@H](OCc3ccccc3)[C@@H](OCc3ccccc3)[C@@H](OC)O[C@@H]2COCc2ccccc2)O[C@H](COC(C)=O)[C@H]1OCc1ccccc1. The molecule has 2 aliphatic heterocycles. The van der Waals surface area contributed by atoms with E-state index in [0.29, 0.717) is 5.56 Å². The van der Waals surface area contributed by atoms with Gasteiger partial charge in [-0.2, -0.15) is 0 Å². The molecule has 0 saturated carbocycles. The van der Waals surface area contributed by atoms with Crippen molar-refractivity contribution in [2.24, 2.45) is 0 Å². The van der Waals surface area contributed by atoms with E-state index < -0.39 is 79.5 Å². The predicted octanol–water partition coefficient (Wildman–Crippen LogP) is 8.26. The van der Waals surface area contributed by atoms with Gasteiger partial charge in [0.2, 0.25) is 0 Å². The fourth-order valence-electron chi connectivity index (χ4n) is 8.36. The van der Waals surface area contributed by atoms with Gasteiger partial charge in [-0.15, -0.1) is 6.58 Å². The maximum absolute atomic E-state index is 14.1. The van der Waals surface area contributed by atoms with Gasteiger partial charge in [0.25, 0.3) is 0 Å². The van der Waals surface area contributed by atoms with Gasteiger partial charge in [-0.3, -0.25) is 4.79 Å². The molecule has 5 aromatic rings. The van der Waals surface area contributed by atoms with Crippen LogP contribution in [0.25, 0.3) is 0 Å². The van der Waals surface area contributed by atoms with Crippen LogP contribution in [0.15, 0.2) is 164 Å². The smallest absolute Gasteiger partial charge is 0.339 e. The predicted molar refractivity (Wildman–Crippen MR) is 258 cm³/mol. The monoisotopic (exact) mass is 960 g/mol. The first kappa shape index (κ1) is 52.2. The number of carbonyl (C=O) groups excluding carboxylic acids is 2. The summed E-state index contributed by atoms with van der Waals surface area (Å²) < 4.78 is 78.8. The number of hydrogen-bond acceptors (Lipinski definition) is 14. The maximum atomic E-state index is 14.1. The van der Waals surface area contributed by atoms with Crippen molar-refractivity contribution in [1.82, 2.24) is 0 Å². The Balaban J connectivity index is 1.33. The first-order valence-electron chi connectivity index (χ1n) is 23.7. The Morgan fingerprint density at radius 3 is 1.54 bits per heavy atom. The molecule has 0 bridgehead atoms. The van der Waals surface area contributed by atoms with E-state index in [0.717, 1.165) is 22.3 Å². The Morgan fingerprint density at radius 2 is 1.03 bits per heavy atom. The molecule has 11 atom stereocenters. The maximum Gasteiger partial charge on any atom is 0.339 e. The molecule has 0 radical (unpaired) electrons. The zero-order valence-electron chi connectivity index (χ0n) is 39.9. The Labute approximate surface area is 410 Å². The minimum Gasteiger partial charge on any atom is -0.464 e. The van der Waals surface area contributed by atoms with Crippen molar-refractivity contribution in [1.29, 1.82) is 0 Å². The van der Waals surface area contributed by atoms with Gasteiger partial charge in [-0.05, 0) is 34.7 Å². The van der Waals surface area contributed by atoms with Crippen molar-refractivity contribution in [3.63, 3.8) is 0 Å². The van der Waals surface area contributed by atoms with Crippen molar-refractivity contribution in [3.8, 4) is 0 Å². The number of ether oxygens (including phenoxy) is 12. The molecule has 2 fully saturated rings. The van der Waals surface area contributed by atoms with Gasteiger partial charge in [0.15, 0.2) is 18.7 Å². The number of benzene rings is 5. The fraction of sp³-hybridized carbons (Fsp3) is 0.393. The van der Waals surface area contributed by atoms with Crippen LogP contribution in [0.5, 0.6) is 0 Å². The molecule has 0 N–H and O–H groups in total. The third kappa shape index (κ3) is 15.0. The molecule has 0 spiro atoms. The van der Waals surface area contributed by atoms with Gasteiger partial charge in [-0.25, -0.2) is 4.79 Å². The minimum atomic E-state index is -1.39. The second-order valence-electron chi connectivity index (χ2n) is 16.7. The van der Waals surface area contributed by atoms with Crippen LogP contribution in [0.3, 0.4) is 0 Å². The van der Waals surface area contributed by atoms with Crippen LogP contribution < -0.4 is 0 Å². The highest BCUT2D eigenvalue weighted by molar-refractivity contribution is 5.76. The quantitative estimate of drug-likeness (QED) is 0.0387. The molecule has 0 amide bonds. The zero-order chi connectivity index (χ0) is 48.9. The van der Waals surface area contributed by atoms with E-state index in [1.807, 2.05) is 127 Å². The van der Waals surface area contributed by atoms with Gasteiger partial charge >= 0.3 is 11.9 Å². The Hall–Kier alpha value is -5.62.